The third-order valence-electron chi connectivity index (χ3n) is 2.51. The lowest BCUT2D eigenvalue weighted by Crippen LogP contribution is -2.19. The molecule has 7 heteroatoms. The number of anilines is 2. The maximum atomic E-state index is 11.8. The minimum atomic E-state index is -1.17. The first-order chi connectivity index (χ1) is 10.1. The number of nitrogens with zero attached hydrogens (tertiary/aromatic N) is 2. The number of urea groups is 1. The highest BCUT2D eigenvalue weighted by atomic mass is 16.4. The van der Waals surface area contributed by atoms with Gasteiger partial charge in [-0.05, 0) is 36.4 Å². The normalized spacial score (nSPS) is 9.48. The van der Waals surface area contributed by atoms with Crippen molar-refractivity contribution >= 4 is 23.4 Å². The topological polar surface area (TPSA) is 115 Å². The minimum Gasteiger partial charge on any atom is -0.477 e. The maximum Gasteiger partial charge on any atom is 0.354 e. The molecule has 3 N–H and O–H groups in total. The molecule has 2 amide bonds. The standard InChI is InChI=1S/C14H10N4O3/c15-8-9-1-3-10(4-2-9)17-14(21)18-11-5-6-16-12(7-11)13(19)20/h1-7H,(H,19,20)(H2,16,17,18,21). The number of aromatic carboxylic acids is 1. The van der Waals surface area contributed by atoms with E-state index < -0.39 is 12.0 Å². The number of rotatable bonds is 3. The molecule has 7 nitrogen and oxygen atoms in total. The SMILES string of the molecule is N#Cc1ccc(NC(=O)Nc2ccnc(C(=O)O)c2)cc1. The molecule has 21 heavy (non-hydrogen) atoms. The van der Waals surface area contributed by atoms with Crippen LogP contribution in [0.4, 0.5) is 16.2 Å². The van der Waals surface area contributed by atoms with Crippen molar-refractivity contribution in [3.8, 4) is 6.07 Å². The van der Waals surface area contributed by atoms with Gasteiger partial charge in [-0.1, -0.05) is 0 Å². The Hall–Kier alpha value is -3.40. The van der Waals surface area contributed by atoms with Gasteiger partial charge in [0.25, 0.3) is 0 Å². The van der Waals surface area contributed by atoms with Crippen molar-refractivity contribution in [2.45, 2.75) is 0 Å². The van der Waals surface area contributed by atoms with Crippen molar-refractivity contribution in [1.82, 2.24) is 4.98 Å². The average molecular weight is 282 g/mol. The average Bonchev–Trinajstić information content (AvgIpc) is 2.48. The van der Waals surface area contributed by atoms with Crippen molar-refractivity contribution in [1.29, 1.82) is 5.26 Å². The molecule has 0 aliphatic rings. The van der Waals surface area contributed by atoms with Crippen LogP contribution in [-0.4, -0.2) is 22.1 Å². The largest absolute Gasteiger partial charge is 0.477 e. The van der Waals surface area contributed by atoms with Gasteiger partial charge in [-0.15, -0.1) is 0 Å². The van der Waals surface area contributed by atoms with Gasteiger partial charge in [0, 0.05) is 17.6 Å². The van der Waals surface area contributed by atoms with E-state index in [-0.39, 0.29) is 5.69 Å². The Morgan fingerprint density at radius 3 is 2.38 bits per heavy atom. The van der Waals surface area contributed by atoms with Crippen molar-refractivity contribution < 1.29 is 14.7 Å². The summed E-state index contributed by atoms with van der Waals surface area (Å²) in [4.78, 5) is 26.2. The molecule has 1 aromatic heterocycles. The van der Waals surface area contributed by atoms with Crippen LogP contribution in [0.25, 0.3) is 0 Å². The van der Waals surface area contributed by atoms with Crippen LogP contribution >= 0.6 is 0 Å². The molecule has 2 aromatic rings. The van der Waals surface area contributed by atoms with Gasteiger partial charge < -0.3 is 15.7 Å². The van der Waals surface area contributed by atoms with E-state index in [1.54, 1.807) is 24.3 Å². The number of benzene rings is 1. The fourth-order valence-electron chi connectivity index (χ4n) is 1.55. The third-order valence-corrected chi connectivity index (χ3v) is 2.51. The summed E-state index contributed by atoms with van der Waals surface area (Å²) in [6.07, 6.45) is 1.29. The van der Waals surface area contributed by atoms with Gasteiger partial charge in [0.1, 0.15) is 5.69 Å². The van der Waals surface area contributed by atoms with Gasteiger partial charge in [-0.3, -0.25) is 0 Å². The van der Waals surface area contributed by atoms with Gasteiger partial charge in [-0.2, -0.15) is 5.26 Å². The first-order valence-electron chi connectivity index (χ1n) is 5.86. The second-order valence-corrected chi connectivity index (χ2v) is 4.00. The molecule has 0 aliphatic carbocycles. The number of carbonyl (C=O) groups is 2. The Labute approximate surface area is 119 Å². The molecule has 104 valence electrons. The predicted molar refractivity (Wildman–Crippen MR) is 75.0 cm³/mol. The number of hydrogen-bond acceptors (Lipinski definition) is 4. The van der Waals surface area contributed by atoms with E-state index in [1.165, 1.54) is 18.3 Å². The molecule has 0 saturated heterocycles. The first kappa shape index (κ1) is 14.0. The summed E-state index contributed by atoms with van der Waals surface area (Å²) in [6.45, 7) is 0. The number of carbonyl (C=O) groups excluding carboxylic acids is 1. The van der Waals surface area contributed by atoms with Crippen LogP contribution in [0.15, 0.2) is 42.6 Å². The van der Waals surface area contributed by atoms with E-state index in [0.29, 0.717) is 16.9 Å². The number of carboxylic acid groups (broad SMARTS) is 1. The molecule has 0 atom stereocenters. The van der Waals surface area contributed by atoms with E-state index in [9.17, 15) is 9.59 Å². The van der Waals surface area contributed by atoms with Gasteiger partial charge in [0.05, 0.1) is 11.6 Å². The predicted octanol–water partition coefficient (Wildman–Crippen LogP) is 2.30. The zero-order valence-electron chi connectivity index (χ0n) is 10.7. The highest BCUT2D eigenvalue weighted by molar-refractivity contribution is 6.00. The number of carboxylic acids is 1. The third kappa shape index (κ3) is 3.78. The number of nitriles is 1. The molecular weight excluding hydrogens is 272 g/mol. The summed E-state index contributed by atoms with van der Waals surface area (Å²) in [5, 5.41) is 22.5. The molecule has 0 unspecified atom stereocenters. The monoisotopic (exact) mass is 282 g/mol. The molecule has 0 radical (unpaired) electrons. The Kier molecular flexibility index (Phi) is 4.11. The molecule has 0 bridgehead atoms. The van der Waals surface area contributed by atoms with Gasteiger partial charge in [-0.25, -0.2) is 14.6 Å². The molecular formula is C14H10N4O3. The molecule has 0 fully saturated rings. The second-order valence-electron chi connectivity index (χ2n) is 4.00. The van der Waals surface area contributed by atoms with Crippen LogP contribution in [0.2, 0.25) is 0 Å². The summed E-state index contributed by atoms with van der Waals surface area (Å²) in [5.74, 6) is -1.17. The van der Waals surface area contributed by atoms with Crippen molar-refractivity contribution in [2.75, 3.05) is 10.6 Å². The van der Waals surface area contributed by atoms with Crippen LogP contribution < -0.4 is 10.6 Å². The number of nitrogens with one attached hydrogen (secondary N) is 2. The van der Waals surface area contributed by atoms with Crippen LogP contribution in [-0.2, 0) is 0 Å². The summed E-state index contributed by atoms with van der Waals surface area (Å²) in [7, 11) is 0. The smallest absolute Gasteiger partial charge is 0.354 e. The zero-order valence-corrected chi connectivity index (χ0v) is 10.7. The van der Waals surface area contributed by atoms with Crippen molar-refractivity contribution in [3.63, 3.8) is 0 Å². The van der Waals surface area contributed by atoms with E-state index in [0.717, 1.165) is 0 Å². The fourth-order valence-corrected chi connectivity index (χ4v) is 1.55. The highest BCUT2D eigenvalue weighted by Gasteiger charge is 2.07. The number of pyridine rings is 1. The Morgan fingerprint density at radius 2 is 1.76 bits per heavy atom. The number of amides is 2. The molecule has 0 aliphatic heterocycles. The lowest BCUT2D eigenvalue weighted by Gasteiger charge is -2.07. The number of hydrogen-bond donors (Lipinski definition) is 3. The molecule has 1 aromatic carbocycles. The van der Waals surface area contributed by atoms with Crippen LogP contribution in [0.3, 0.4) is 0 Å². The van der Waals surface area contributed by atoms with E-state index in [2.05, 4.69) is 15.6 Å². The van der Waals surface area contributed by atoms with E-state index >= 15 is 0 Å². The quantitative estimate of drug-likeness (QED) is 0.798. The van der Waals surface area contributed by atoms with Crippen LogP contribution in [0, 0.1) is 11.3 Å². The van der Waals surface area contributed by atoms with Crippen molar-refractivity contribution in [2.24, 2.45) is 0 Å². The minimum absolute atomic E-state index is 0.161. The van der Waals surface area contributed by atoms with E-state index in [4.69, 9.17) is 10.4 Å². The maximum absolute atomic E-state index is 11.8. The van der Waals surface area contributed by atoms with Gasteiger partial charge in [0.15, 0.2) is 0 Å². The Balaban J connectivity index is 2.02. The fraction of sp³-hybridized carbons (Fsp3) is 0. The van der Waals surface area contributed by atoms with Crippen LogP contribution in [0.5, 0.6) is 0 Å². The van der Waals surface area contributed by atoms with Crippen LogP contribution in [0.1, 0.15) is 16.1 Å². The van der Waals surface area contributed by atoms with Gasteiger partial charge in [0.2, 0.25) is 0 Å². The Bertz CT molecular complexity index is 720. The summed E-state index contributed by atoms with van der Waals surface area (Å²) >= 11 is 0. The summed E-state index contributed by atoms with van der Waals surface area (Å²) in [6, 6.07) is 10.5. The first-order valence-corrected chi connectivity index (χ1v) is 5.86. The molecule has 1 heterocycles. The number of aromatic nitrogens is 1. The van der Waals surface area contributed by atoms with Gasteiger partial charge >= 0.3 is 12.0 Å². The Morgan fingerprint density at radius 1 is 1.10 bits per heavy atom. The molecule has 2 rings (SSSR count). The van der Waals surface area contributed by atoms with Crippen molar-refractivity contribution in [3.05, 3.63) is 53.9 Å². The second kappa shape index (κ2) is 6.16. The summed E-state index contributed by atoms with van der Waals surface area (Å²) < 4.78 is 0. The highest BCUT2D eigenvalue weighted by Crippen LogP contribution is 2.11. The summed E-state index contributed by atoms with van der Waals surface area (Å²) in [5.41, 5.74) is 1.15. The molecule has 0 spiro atoms. The zero-order chi connectivity index (χ0) is 15.2. The lowest BCUT2D eigenvalue weighted by atomic mass is 10.2. The van der Waals surface area contributed by atoms with E-state index in [1.807, 2.05) is 6.07 Å². The lowest BCUT2D eigenvalue weighted by molar-refractivity contribution is 0.0690. The molecule has 0 saturated carbocycles.